The molecular formula is C25H21Br2FN2O2S. The summed E-state index contributed by atoms with van der Waals surface area (Å²) in [5.74, 6) is 0.133. The molecule has 0 aromatic heterocycles. The number of amides is 1. The molecule has 33 heavy (non-hydrogen) atoms. The largest absolute Gasteiger partial charge is 0.486 e. The fourth-order valence-corrected chi connectivity index (χ4v) is 5.71. The number of thioether (sulfide) groups is 1. The van der Waals surface area contributed by atoms with Crippen LogP contribution in [-0.2, 0) is 17.8 Å². The fourth-order valence-electron chi connectivity index (χ4n) is 3.27. The molecular weight excluding hydrogens is 571 g/mol. The molecule has 3 aromatic rings. The third-order valence-corrected chi connectivity index (χ3v) is 7.25. The van der Waals surface area contributed by atoms with E-state index >= 15 is 0 Å². The molecule has 1 amide bonds. The van der Waals surface area contributed by atoms with Gasteiger partial charge in [0.25, 0.3) is 5.91 Å². The summed E-state index contributed by atoms with van der Waals surface area (Å²) >= 11 is 8.48. The van der Waals surface area contributed by atoms with Gasteiger partial charge in [0.05, 0.1) is 13.9 Å². The predicted molar refractivity (Wildman–Crippen MR) is 140 cm³/mol. The summed E-state index contributed by atoms with van der Waals surface area (Å²) in [6.07, 6.45) is 2.82. The fraction of sp³-hybridized carbons (Fsp3) is 0.160. The third-order valence-electron chi connectivity index (χ3n) is 5.04. The van der Waals surface area contributed by atoms with E-state index in [1.165, 1.54) is 23.4 Å². The molecule has 1 aliphatic heterocycles. The van der Waals surface area contributed by atoms with Gasteiger partial charge in [-0.25, -0.2) is 4.39 Å². The lowest BCUT2D eigenvalue weighted by Gasteiger charge is -2.13. The second-order valence-corrected chi connectivity index (χ2v) is 10.2. The van der Waals surface area contributed by atoms with Crippen molar-refractivity contribution in [1.82, 2.24) is 5.32 Å². The van der Waals surface area contributed by atoms with Crippen molar-refractivity contribution in [2.45, 2.75) is 25.4 Å². The van der Waals surface area contributed by atoms with E-state index in [2.05, 4.69) is 61.5 Å². The van der Waals surface area contributed by atoms with Crippen molar-refractivity contribution in [3.05, 3.63) is 97.0 Å². The van der Waals surface area contributed by atoms with Crippen LogP contribution in [0, 0.1) is 5.82 Å². The number of hydrogen-bond acceptors (Lipinski definition) is 4. The molecule has 2 N–H and O–H groups in total. The Morgan fingerprint density at radius 3 is 2.48 bits per heavy atom. The maximum absolute atomic E-state index is 13.9. The topological polar surface area (TPSA) is 50.4 Å². The smallest absolute Gasteiger partial charge is 0.260 e. The molecule has 1 aliphatic rings. The second kappa shape index (κ2) is 10.8. The van der Waals surface area contributed by atoms with Gasteiger partial charge in [-0.2, -0.15) is 0 Å². The Morgan fingerprint density at radius 2 is 1.82 bits per heavy atom. The van der Waals surface area contributed by atoms with Gasteiger partial charge in [-0.05, 0) is 85.8 Å². The minimum Gasteiger partial charge on any atom is -0.486 e. The number of carbonyl (C=O) groups is 1. The maximum Gasteiger partial charge on any atom is 0.260 e. The lowest BCUT2D eigenvalue weighted by Crippen LogP contribution is -2.30. The van der Waals surface area contributed by atoms with E-state index in [0.717, 1.165) is 17.7 Å². The molecule has 0 bridgehead atoms. The van der Waals surface area contributed by atoms with E-state index in [0.29, 0.717) is 25.2 Å². The van der Waals surface area contributed by atoms with Crippen LogP contribution in [0.1, 0.15) is 23.6 Å². The van der Waals surface area contributed by atoms with Crippen molar-refractivity contribution in [3.63, 3.8) is 0 Å². The van der Waals surface area contributed by atoms with Crippen LogP contribution in [0.15, 0.2) is 74.5 Å². The zero-order valence-corrected chi connectivity index (χ0v) is 21.7. The Labute approximate surface area is 213 Å². The number of rotatable bonds is 7. The molecule has 8 heteroatoms. The highest BCUT2D eigenvalue weighted by molar-refractivity contribution is 9.11. The molecule has 1 heterocycles. The van der Waals surface area contributed by atoms with Crippen molar-refractivity contribution in [2.24, 2.45) is 0 Å². The van der Waals surface area contributed by atoms with Crippen molar-refractivity contribution in [3.8, 4) is 5.75 Å². The minimum absolute atomic E-state index is 0.106. The molecule has 0 saturated carbocycles. The summed E-state index contributed by atoms with van der Waals surface area (Å²) in [6.45, 7) is 2.22. The predicted octanol–water partition coefficient (Wildman–Crippen LogP) is 7.09. The van der Waals surface area contributed by atoms with Gasteiger partial charge in [-0.3, -0.25) is 4.79 Å². The highest BCUT2D eigenvalue weighted by Gasteiger charge is 2.27. The highest BCUT2D eigenvalue weighted by atomic mass is 79.9. The van der Waals surface area contributed by atoms with Gasteiger partial charge in [-0.15, -0.1) is 0 Å². The van der Waals surface area contributed by atoms with Gasteiger partial charge < -0.3 is 15.4 Å². The summed E-state index contributed by atoms with van der Waals surface area (Å²) in [4.78, 5) is 13.1. The zero-order chi connectivity index (χ0) is 23.4. The summed E-state index contributed by atoms with van der Waals surface area (Å²) in [5, 5.41) is 6.27. The third kappa shape index (κ3) is 5.99. The van der Waals surface area contributed by atoms with Gasteiger partial charge in [0, 0.05) is 11.3 Å². The average molecular weight is 592 g/mol. The zero-order valence-electron chi connectivity index (χ0n) is 17.7. The van der Waals surface area contributed by atoms with Crippen LogP contribution in [0.2, 0.25) is 0 Å². The molecule has 0 aliphatic carbocycles. The number of benzene rings is 3. The Bertz CT molecular complexity index is 1180. The van der Waals surface area contributed by atoms with Gasteiger partial charge in [-0.1, -0.05) is 49.0 Å². The Morgan fingerprint density at radius 1 is 1.12 bits per heavy atom. The minimum atomic E-state index is -0.306. The summed E-state index contributed by atoms with van der Waals surface area (Å²) < 4.78 is 21.1. The van der Waals surface area contributed by atoms with Crippen molar-refractivity contribution in [1.29, 1.82) is 0 Å². The first-order valence-corrected chi connectivity index (χ1v) is 12.8. The Hall–Kier alpha value is -2.29. The van der Waals surface area contributed by atoms with Gasteiger partial charge in [0.15, 0.2) is 5.50 Å². The molecule has 1 saturated heterocycles. The number of hydrogen-bond donors (Lipinski definition) is 2. The molecule has 3 aromatic carbocycles. The number of aryl methyl sites for hydroxylation is 1. The molecule has 0 radical (unpaired) electrons. The summed E-state index contributed by atoms with van der Waals surface area (Å²) in [7, 11) is 0. The maximum atomic E-state index is 13.9. The summed E-state index contributed by atoms with van der Waals surface area (Å²) in [5.41, 5.74) is 3.28. The quantitative estimate of drug-likeness (QED) is 0.288. The van der Waals surface area contributed by atoms with Crippen molar-refractivity contribution >= 4 is 61.3 Å². The van der Waals surface area contributed by atoms with Crippen molar-refractivity contribution < 1.29 is 13.9 Å². The number of ether oxygens (including phenoxy) is 1. The molecule has 0 unspecified atom stereocenters. The second-order valence-electron chi connectivity index (χ2n) is 7.37. The lowest BCUT2D eigenvalue weighted by molar-refractivity contribution is -0.116. The standard InChI is InChI=1S/C25H21Br2FN2O2S/c1-2-15-7-9-18(10-8-15)29-25-30-24(31)22(33-25)13-16-11-19(26)23(20(27)12-16)32-14-17-5-3-4-6-21(17)28/h3-13,25,29H,2,14H2,1H3,(H,30,31)/b22-13-/t25-/m1/s1. The lowest BCUT2D eigenvalue weighted by atomic mass is 10.1. The summed E-state index contributed by atoms with van der Waals surface area (Å²) in [6, 6.07) is 18.4. The SMILES string of the molecule is CCc1ccc(N[C@@H]2NC(=O)/C(=C/c3cc(Br)c(OCc4ccccc4F)c(Br)c3)S2)cc1. The number of nitrogens with one attached hydrogen (secondary N) is 2. The first kappa shape index (κ1) is 23.9. The molecule has 0 spiro atoms. The number of carbonyl (C=O) groups excluding carboxylic acids is 1. The van der Waals surface area contributed by atoms with Crippen LogP contribution in [0.3, 0.4) is 0 Å². The Balaban J connectivity index is 1.44. The van der Waals surface area contributed by atoms with E-state index in [-0.39, 0.29) is 23.8 Å². The van der Waals surface area contributed by atoms with Gasteiger partial charge in [0.1, 0.15) is 18.2 Å². The van der Waals surface area contributed by atoms with Gasteiger partial charge in [0.2, 0.25) is 0 Å². The van der Waals surface area contributed by atoms with E-state index in [1.807, 2.05) is 30.3 Å². The van der Waals surface area contributed by atoms with Crippen molar-refractivity contribution in [2.75, 3.05) is 5.32 Å². The van der Waals surface area contributed by atoms with Crippen LogP contribution in [0.25, 0.3) is 6.08 Å². The molecule has 4 rings (SSSR count). The van der Waals surface area contributed by atoms with Crippen LogP contribution in [0.5, 0.6) is 5.75 Å². The van der Waals surface area contributed by atoms with Crippen LogP contribution >= 0.6 is 43.6 Å². The Kier molecular flexibility index (Phi) is 7.78. The number of anilines is 1. The normalized spacial score (nSPS) is 16.7. The van der Waals surface area contributed by atoms with Crippen LogP contribution in [-0.4, -0.2) is 11.4 Å². The van der Waals surface area contributed by atoms with E-state index in [9.17, 15) is 9.18 Å². The molecule has 1 atom stereocenters. The highest BCUT2D eigenvalue weighted by Crippen LogP contribution is 2.37. The van der Waals surface area contributed by atoms with E-state index in [1.54, 1.807) is 18.2 Å². The first-order valence-electron chi connectivity index (χ1n) is 10.3. The molecule has 4 nitrogen and oxygen atoms in total. The van der Waals surface area contributed by atoms with E-state index < -0.39 is 0 Å². The van der Waals surface area contributed by atoms with Crippen LogP contribution < -0.4 is 15.4 Å². The average Bonchev–Trinajstić information content (AvgIpc) is 3.13. The molecule has 170 valence electrons. The number of halogens is 3. The first-order chi connectivity index (χ1) is 15.9. The van der Waals surface area contributed by atoms with Gasteiger partial charge >= 0.3 is 0 Å². The molecule has 1 fully saturated rings. The van der Waals surface area contributed by atoms with E-state index in [4.69, 9.17) is 4.74 Å². The van der Waals surface area contributed by atoms with Crippen LogP contribution in [0.4, 0.5) is 10.1 Å². The monoisotopic (exact) mass is 590 g/mol.